The topological polar surface area (TPSA) is 502 Å². The molecule has 2 heterocycles. The molecule has 1 saturated heterocycles. The highest BCUT2D eigenvalue weighted by molar-refractivity contribution is 5.99. The van der Waals surface area contributed by atoms with E-state index in [0.29, 0.717) is 50.8 Å². The van der Waals surface area contributed by atoms with Crippen LogP contribution in [0.15, 0.2) is 24.3 Å². The van der Waals surface area contributed by atoms with Gasteiger partial charge in [0.2, 0.25) is 47.3 Å². The van der Waals surface area contributed by atoms with Crippen LogP contribution in [0.3, 0.4) is 0 Å². The Morgan fingerprint density at radius 3 is 2.05 bits per heavy atom. The number of aromatic nitrogens is 2. The molecule has 1 aromatic rings. The number of guanidine groups is 1. The van der Waals surface area contributed by atoms with E-state index < -0.39 is 120 Å². The number of hydrogen-bond donors (Lipinski definition) is 18. The highest BCUT2D eigenvalue weighted by Crippen LogP contribution is 2.20. The van der Waals surface area contributed by atoms with E-state index in [9.17, 15) is 53.4 Å². The lowest BCUT2D eigenvalue weighted by Gasteiger charge is -2.30. The van der Waals surface area contributed by atoms with Crippen molar-refractivity contribution in [3.63, 3.8) is 0 Å². The molecule has 29 nitrogen and oxygen atoms in total. The van der Waals surface area contributed by atoms with Gasteiger partial charge in [-0.15, -0.1) is 0 Å². The average Bonchev–Trinajstić information content (AvgIpc) is 4.09. The summed E-state index contributed by atoms with van der Waals surface area (Å²) in [5.41, 5.74) is 34.0. The summed E-state index contributed by atoms with van der Waals surface area (Å²) in [5, 5.41) is 47.1. The van der Waals surface area contributed by atoms with E-state index in [2.05, 4.69) is 52.5 Å². The van der Waals surface area contributed by atoms with Crippen LogP contribution < -0.4 is 76.9 Å². The molecule has 24 N–H and O–H groups in total. The van der Waals surface area contributed by atoms with E-state index >= 15 is 0 Å². The maximum Gasteiger partial charge on any atom is 0.352 e. The molecule has 0 unspecified atom stereocenters. The summed E-state index contributed by atoms with van der Waals surface area (Å²) >= 11 is 0. The summed E-state index contributed by atoms with van der Waals surface area (Å²) in [7, 11) is 0. The number of aliphatic hydroxyl groups is 1. The number of H-pyrrole nitrogens is 1. The minimum atomic E-state index is -1.46. The first-order valence-corrected chi connectivity index (χ1v) is 24.9. The lowest BCUT2D eigenvalue weighted by molar-refractivity contribution is -0.142. The van der Waals surface area contributed by atoms with Gasteiger partial charge in [-0.05, 0) is 103 Å². The molecule has 0 saturated carbocycles. The number of nitrogens with zero attached hydrogens (tertiary/aromatic N) is 2. The molecule has 8 atom stereocenters. The summed E-state index contributed by atoms with van der Waals surface area (Å²) in [6.07, 6.45) is 6.99. The fraction of sp³-hybridized carbons (Fsp3) is 0.667. The predicted molar refractivity (Wildman–Crippen MR) is 270 cm³/mol. The molecule has 1 fully saturated rings. The van der Waals surface area contributed by atoms with Crippen LogP contribution in [0.1, 0.15) is 89.7 Å². The van der Waals surface area contributed by atoms with Gasteiger partial charge >= 0.3 is 5.97 Å². The van der Waals surface area contributed by atoms with Crippen molar-refractivity contribution in [3.05, 3.63) is 30.0 Å². The third-order valence-corrected chi connectivity index (χ3v) is 11.9. The first-order valence-electron chi connectivity index (χ1n) is 24.9. The van der Waals surface area contributed by atoms with Crippen molar-refractivity contribution in [2.75, 3.05) is 52.4 Å². The standard InChI is InChI=1S/C45H80N18O11/c1-26(22-49)36(62-37(66)28(50)9-2-4-15-46)42(71)59-30(14-20-64)38(67)55-24-35(65)57-31(11-6-17-48)43(72)63-19-8-13-34(63)41(70)61-33(21-27-23-53-25-56-27)40(69)58-29(10-3-5-16-47)39(68)60-32(44(73)74)12-7-18-54-45(51)52/h12,23,25-26,28-31,33-34,36,64H,2-11,13-22,24,46-50H2,1H3,(H,53,56)(H,55,67)(H,57,65)(H,58,69)(H,59,71)(H,60,68)(H,61,70)(H,62,66)(H,73,74)(H4,51,52,54)/b32-12-/t26-,28-,29-,30-,31+,33-,34-,36-/m0/s1. The largest absolute Gasteiger partial charge is 0.477 e. The number of carboxylic acids is 1. The van der Waals surface area contributed by atoms with Crippen LogP contribution in [0, 0.1) is 11.3 Å². The van der Waals surface area contributed by atoms with Crippen molar-refractivity contribution >= 4 is 59.2 Å². The molecule has 0 aliphatic carbocycles. The van der Waals surface area contributed by atoms with E-state index in [4.69, 9.17) is 39.8 Å². The Labute approximate surface area is 429 Å². The molecule has 1 aromatic heterocycles. The van der Waals surface area contributed by atoms with Crippen LogP contribution in [0.5, 0.6) is 0 Å². The third-order valence-electron chi connectivity index (χ3n) is 11.9. The fourth-order valence-corrected chi connectivity index (χ4v) is 7.74. The minimum absolute atomic E-state index is 0.0182. The number of imidazole rings is 1. The summed E-state index contributed by atoms with van der Waals surface area (Å²) < 4.78 is 0. The van der Waals surface area contributed by atoms with Gasteiger partial charge in [-0.3, -0.25) is 43.8 Å². The van der Waals surface area contributed by atoms with Crippen LogP contribution in [-0.2, 0) is 49.6 Å². The summed E-state index contributed by atoms with van der Waals surface area (Å²) in [5.74, 6) is -8.51. The zero-order valence-electron chi connectivity index (χ0n) is 42.1. The van der Waals surface area contributed by atoms with Crippen LogP contribution >= 0.6 is 0 Å². The lowest BCUT2D eigenvalue weighted by Crippen LogP contribution is -2.59. The average molecular weight is 1050 g/mol. The van der Waals surface area contributed by atoms with E-state index in [1.807, 2.05) is 0 Å². The molecular weight excluding hydrogens is 969 g/mol. The number of nitrogens with two attached hydrogens (primary N) is 6. The van der Waals surface area contributed by atoms with Gasteiger partial charge in [0, 0.05) is 32.3 Å². The van der Waals surface area contributed by atoms with Crippen LogP contribution in [0.2, 0.25) is 0 Å². The number of likely N-dealkylation sites (tertiary alicyclic amines) is 1. The number of carbonyl (C=O) groups excluding carboxylic acids is 8. The normalized spacial score (nSPS) is 16.2. The van der Waals surface area contributed by atoms with Gasteiger partial charge in [0.15, 0.2) is 5.96 Å². The highest BCUT2D eigenvalue weighted by atomic mass is 16.4. The molecule has 2 rings (SSSR count). The Morgan fingerprint density at radius 2 is 1.45 bits per heavy atom. The van der Waals surface area contributed by atoms with E-state index in [1.165, 1.54) is 23.5 Å². The summed E-state index contributed by atoms with van der Waals surface area (Å²) in [4.78, 5) is 129. The van der Waals surface area contributed by atoms with Crippen molar-refractivity contribution in [1.29, 1.82) is 5.41 Å². The second kappa shape index (κ2) is 34.6. The molecule has 0 radical (unpaired) electrons. The zero-order valence-corrected chi connectivity index (χ0v) is 42.1. The first-order chi connectivity index (χ1) is 35.3. The molecule has 29 heteroatoms. The molecule has 0 bridgehead atoms. The van der Waals surface area contributed by atoms with Crippen LogP contribution in [-0.4, -0.2) is 179 Å². The Bertz CT molecular complexity index is 2030. The maximum absolute atomic E-state index is 14.2. The van der Waals surface area contributed by atoms with E-state index in [0.717, 1.165) is 0 Å². The Hall–Kier alpha value is -6.79. The third kappa shape index (κ3) is 22.5. The quantitative estimate of drug-likeness (QED) is 0.0129. The van der Waals surface area contributed by atoms with Crippen molar-refractivity contribution < 1.29 is 53.4 Å². The number of nitrogens with one attached hydrogen (secondary N) is 10. The maximum atomic E-state index is 14.2. The molecule has 74 heavy (non-hydrogen) atoms. The second-order valence-electron chi connectivity index (χ2n) is 17.8. The van der Waals surface area contributed by atoms with E-state index in [-0.39, 0.29) is 83.6 Å². The number of unbranched alkanes of at least 4 members (excludes halogenated alkanes) is 2. The van der Waals surface area contributed by atoms with Gasteiger partial charge in [0.25, 0.3) is 0 Å². The predicted octanol–water partition coefficient (Wildman–Crippen LogP) is -6.26. The molecule has 8 amide bonds. The number of aromatic amines is 1. The smallest absolute Gasteiger partial charge is 0.352 e. The number of aliphatic carboxylic acids is 1. The first kappa shape index (κ1) is 63.3. The number of carboxylic acid groups (broad SMARTS) is 1. The van der Waals surface area contributed by atoms with E-state index in [1.54, 1.807) is 6.92 Å². The fourth-order valence-electron chi connectivity index (χ4n) is 7.74. The van der Waals surface area contributed by atoms with Gasteiger partial charge in [0.1, 0.15) is 41.9 Å². The SMILES string of the molecule is C[C@@H](CN)[C@H](NC(=O)[C@@H](N)CCCCN)C(=O)N[C@@H](CCO)C(=O)NCC(=O)N[C@H](CCCN)C(=O)N1CCC[C@H]1C(=O)N[C@@H](Cc1c[nH]cn1)C(=O)N[C@@H](CCCCN)C(=O)N/C(=C\CCNC(=N)N)C(=O)O. The van der Waals surface area contributed by atoms with Crippen LogP contribution in [0.25, 0.3) is 0 Å². The van der Waals surface area contributed by atoms with Gasteiger partial charge in [-0.1, -0.05) is 19.4 Å². The Morgan fingerprint density at radius 1 is 0.797 bits per heavy atom. The monoisotopic (exact) mass is 1050 g/mol. The van der Waals surface area contributed by atoms with Gasteiger partial charge in [0.05, 0.1) is 24.6 Å². The van der Waals surface area contributed by atoms with Crippen molar-refractivity contribution in [2.45, 2.75) is 133 Å². The number of hydrogen-bond acceptors (Lipinski definition) is 17. The molecule has 416 valence electrons. The van der Waals surface area contributed by atoms with Gasteiger partial charge in [-0.2, -0.15) is 0 Å². The molecular formula is C45H80N18O11. The highest BCUT2D eigenvalue weighted by Gasteiger charge is 2.40. The molecule has 0 spiro atoms. The van der Waals surface area contributed by atoms with Gasteiger partial charge in [-0.25, -0.2) is 9.78 Å². The Balaban J connectivity index is 2.24. The Kier molecular flexibility index (Phi) is 29.6. The molecule has 1 aliphatic heterocycles. The summed E-state index contributed by atoms with van der Waals surface area (Å²) in [6, 6.07) is -8.49. The number of aliphatic hydroxyl groups excluding tert-OH is 1. The van der Waals surface area contributed by atoms with Crippen molar-refractivity contribution in [2.24, 2.45) is 40.3 Å². The van der Waals surface area contributed by atoms with Crippen LogP contribution in [0.4, 0.5) is 0 Å². The van der Waals surface area contributed by atoms with Crippen molar-refractivity contribution in [1.82, 2.24) is 57.4 Å². The molecule has 0 aromatic carbocycles. The minimum Gasteiger partial charge on any atom is -0.477 e. The van der Waals surface area contributed by atoms with Crippen molar-refractivity contribution in [3.8, 4) is 0 Å². The van der Waals surface area contributed by atoms with Gasteiger partial charge < -0.3 is 97.0 Å². The molecule has 1 aliphatic rings. The number of amides is 8. The number of carbonyl (C=O) groups is 9. The second-order valence-corrected chi connectivity index (χ2v) is 17.8. The lowest BCUT2D eigenvalue weighted by atomic mass is 9.99. The summed E-state index contributed by atoms with van der Waals surface area (Å²) in [6.45, 7) is 1.40. The number of rotatable bonds is 36. The zero-order chi connectivity index (χ0) is 55.2.